The third kappa shape index (κ3) is 12.8. The van der Waals surface area contributed by atoms with Crippen molar-refractivity contribution < 1.29 is 4.42 Å². The zero-order valence-electron chi connectivity index (χ0n) is 67.9. The number of anilines is 6. The predicted molar refractivity (Wildman–Crippen MR) is 520 cm³/mol. The topological polar surface area (TPSA) is 107 Å². The van der Waals surface area contributed by atoms with Gasteiger partial charge in [-0.2, -0.15) is 0 Å². The van der Waals surface area contributed by atoms with Crippen LogP contribution in [0.2, 0.25) is 0 Å². The molecule has 0 unspecified atom stereocenters. The molecule has 6 heterocycles. The van der Waals surface area contributed by atoms with Gasteiger partial charge in [0, 0.05) is 110 Å². The first-order valence-corrected chi connectivity index (χ1v) is 43.1. The summed E-state index contributed by atoms with van der Waals surface area (Å²) in [5, 5.41) is 8.98. The summed E-state index contributed by atoms with van der Waals surface area (Å²) < 4.78 is 14.4. The van der Waals surface area contributed by atoms with Gasteiger partial charge in [0.25, 0.3) is 0 Å². The third-order valence-electron chi connectivity index (χ3n) is 24.2. The summed E-state index contributed by atoms with van der Waals surface area (Å²) in [5.41, 5.74) is 26.4. The third-order valence-corrected chi connectivity index (χ3v) is 25.5. The molecule has 0 aliphatic heterocycles. The first-order chi connectivity index (χ1) is 62.5. The maximum atomic E-state index is 7.27. The van der Waals surface area contributed by atoms with E-state index in [9.17, 15) is 0 Å². The molecule has 0 aliphatic carbocycles. The molecule has 590 valence electrons. The molecule has 6 aromatic heterocycles. The highest BCUT2D eigenvalue weighted by Gasteiger charge is 2.26. The van der Waals surface area contributed by atoms with Gasteiger partial charge in [-0.1, -0.05) is 303 Å². The monoisotopic (exact) mass is 1630 g/mol. The number of aromatic nitrogens is 8. The highest BCUT2D eigenvalue weighted by Crippen LogP contribution is 2.48. The van der Waals surface area contributed by atoms with Crippen LogP contribution in [0.5, 0.6) is 0 Å². The normalized spacial score (nSPS) is 11.7. The average Bonchev–Trinajstić information content (AvgIpc) is 1.57. The van der Waals surface area contributed by atoms with Crippen molar-refractivity contribution in [1.82, 2.24) is 39.0 Å². The van der Waals surface area contributed by atoms with E-state index in [0.717, 1.165) is 172 Å². The molecule has 0 saturated carbocycles. The first-order valence-electron chi connectivity index (χ1n) is 42.3. The van der Waals surface area contributed by atoms with Crippen LogP contribution in [0.3, 0.4) is 0 Å². The van der Waals surface area contributed by atoms with Crippen LogP contribution >= 0.6 is 11.3 Å². The molecule has 0 amide bonds. The zero-order chi connectivity index (χ0) is 83.1. The molecule has 0 radical (unpaired) electrons. The van der Waals surface area contributed by atoms with E-state index in [1.807, 2.05) is 66.7 Å². The highest BCUT2D eigenvalue weighted by molar-refractivity contribution is 7.26. The Morgan fingerprint density at radius 1 is 0.190 bits per heavy atom. The predicted octanol–water partition coefficient (Wildman–Crippen LogP) is 30.5. The fourth-order valence-electron chi connectivity index (χ4n) is 18.3. The average molecular weight is 1630 g/mol. The fourth-order valence-corrected chi connectivity index (χ4v) is 19.6. The Kier molecular flexibility index (Phi) is 17.8. The van der Waals surface area contributed by atoms with E-state index >= 15 is 0 Å². The van der Waals surface area contributed by atoms with Crippen molar-refractivity contribution in [1.29, 1.82) is 0 Å². The van der Waals surface area contributed by atoms with Crippen LogP contribution in [0.15, 0.2) is 441 Å². The molecule has 24 aromatic rings. The lowest BCUT2D eigenvalue weighted by atomic mass is 10.0. The maximum Gasteiger partial charge on any atom is 0.167 e. The van der Waals surface area contributed by atoms with Gasteiger partial charge in [0.15, 0.2) is 40.5 Å². The van der Waals surface area contributed by atoms with Crippen molar-refractivity contribution in [2.75, 3.05) is 9.80 Å². The lowest BCUT2D eigenvalue weighted by molar-refractivity contribution is 0.667. The Morgan fingerprint density at radius 3 is 0.937 bits per heavy atom. The van der Waals surface area contributed by atoms with Crippen molar-refractivity contribution in [3.63, 3.8) is 0 Å². The van der Waals surface area contributed by atoms with E-state index in [4.69, 9.17) is 34.3 Å². The van der Waals surface area contributed by atoms with Crippen LogP contribution < -0.4 is 9.80 Å². The van der Waals surface area contributed by atoms with Gasteiger partial charge in [-0.25, -0.2) is 29.9 Å². The molecular formula is C114H72N10OS. The van der Waals surface area contributed by atoms with Crippen molar-refractivity contribution >= 4 is 131 Å². The van der Waals surface area contributed by atoms with E-state index in [1.165, 1.54) is 20.9 Å². The molecule has 18 aromatic carbocycles. The second-order valence-corrected chi connectivity index (χ2v) is 32.7. The second kappa shape index (κ2) is 30.7. The number of nitrogens with zero attached hydrogens (tertiary/aromatic N) is 10. The van der Waals surface area contributed by atoms with Gasteiger partial charge in [0.05, 0.1) is 43.7 Å². The summed E-state index contributed by atoms with van der Waals surface area (Å²) in [7, 11) is 0. The van der Waals surface area contributed by atoms with Crippen LogP contribution in [0, 0.1) is 0 Å². The molecule has 0 aliphatic rings. The highest BCUT2D eigenvalue weighted by atomic mass is 32.1. The van der Waals surface area contributed by atoms with Crippen LogP contribution in [-0.2, 0) is 0 Å². The molecule has 0 fully saturated rings. The Morgan fingerprint density at radius 2 is 0.484 bits per heavy atom. The fraction of sp³-hybridized carbons (Fsp3) is 0. The quantitative estimate of drug-likeness (QED) is 0.0881. The molecular weight excluding hydrogens is 1560 g/mol. The molecule has 24 rings (SSSR count). The number of fused-ring (bicyclic) bond motifs is 12. The van der Waals surface area contributed by atoms with E-state index in [2.05, 4.69) is 389 Å². The van der Waals surface area contributed by atoms with E-state index in [-0.39, 0.29) is 0 Å². The lowest BCUT2D eigenvalue weighted by Crippen LogP contribution is -2.09. The standard InChI is InChI=1S/C114H72N10OS/c1-7-27-77(28-8-1)109-116-112(118-113(117-109)95-45-23-41-91-92-42-25-49-103(106(92)125-105(91)95)123-99-47-21-19-39-89(99)97-71-81(61-69-101(97)123)75-57-65-86(66-58-75)121(83-33-13-4-14-34-83)84-35-15-5-16-36-84)80-53-51-73(52-54-80)74-55-63-87(64-56-74)122(85-37-17-6-18-38-85)88-67-59-76(60-68-88)82-62-70-102-98(72-82)90-40-20-22-48-100(90)124(102)104-50-26-44-94-93-43-24-46-96(107(93)126-108(94)104)114-119-110(78-29-9-2-10-30-78)115-111(120-114)79-31-11-3-12-32-79/h1-72H. The number of hydrogen-bond acceptors (Lipinski definition) is 10. The van der Waals surface area contributed by atoms with Gasteiger partial charge in [0.2, 0.25) is 0 Å². The van der Waals surface area contributed by atoms with Crippen molar-refractivity contribution in [3.8, 4) is 113 Å². The number of hydrogen-bond donors (Lipinski definition) is 0. The molecule has 0 spiro atoms. The zero-order valence-corrected chi connectivity index (χ0v) is 68.7. The summed E-state index contributed by atoms with van der Waals surface area (Å²) in [6, 6.07) is 154. The number of para-hydroxylation sites is 7. The minimum atomic E-state index is 0.512. The molecule has 0 bridgehead atoms. The number of benzene rings is 18. The molecule has 12 heteroatoms. The summed E-state index contributed by atoms with van der Waals surface area (Å²) in [6.07, 6.45) is 0. The SMILES string of the molecule is c1ccc(-c2nc(-c3ccc(-c4ccc(N(c5ccccc5)c5ccc(-c6ccc7c(c6)c6ccccc6n7-c6cccc7c6sc6c(-c8nc(-c9ccccc9)nc(-c9ccccc9)n8)cccc67)cc5)cc4)cc3)nc(-c3cccc4c3oc3c(-n5c6ccccc6c6cc(-c7ccc(N(c8ccccc8)c8ccccc8)cc7)ccc65)cccc34)n2)cc1. The van der Waals surface area contributed by atoms with Gasteiger partial charge in [-0.05, 0) is 167 Å². The smallest absolute Gasteiger partial charge is 0.167 e. The van der Waals surface area contributed by atoms with Crippen LogP contribution in [0.1, 0.15) is 0 Å². The van der Waals surface area contributed by atoms with Crippen LogP contribution in [0.25, 0.3) is 199 Å². The minimum absolute atomic E-state index is 0.512. The Balaban J connectivity index is 0.522. The van der Waals surface area contributed by atoms with E-state index in [1.54, 1.807) is 11.3 Å². The minimum Gasteiger partial charge on any atom is -0.453 e. The van der Waals surface area contributed by atoms with Crippen LogP contribution in [0.4, 0.5) is 34.1 Å². The molecule has 11 nitrogen and oxygen atoms in total. The number of furan rings is 1. The van der Waals surface area contributed by atoms with Crippen molar-refractivity contribution in [3.05, 3.63) is 437 Å². The van der Waals surface area contributed by atoms with Crippen molar-refractivity contribution in [2.24, 2.45) is 0 Å². The van der Waals surface area contributed by atoms with E-state index < -0.39 is 0 Å². The van der Waals surface area contributed by atoms with Gasteiger partial charge in [0.1, 0.15) is 5.58 Å². The molecule has 0 atom stereocenters. The van der Waals surface area contributed by atoms with Crippen molar-refractivity contribution in [2.45, 2.75) is 0 Å². The number of rotatable bonds is 17. The summed E-state index contributed by atoms with van der Waals surface area (Å²) >= 11 is 1.79. The maximum absolute atomic E-state index is 7.27. The number of thiophene rings is 1. The Hall–Kier alpha value is -16.8. The molecule has 126 heavy (non-hydrogen) atoms. The molecule has 0 N–H and O–H groups in total. The molecule has 0 saturated heterocycles. The largest absolute Gasteiger partial charge is 0.453 e. The summed E-state index contributed by atoms with van der Waals surface area (Å²) in [5.74, 6) is 3.54. The Labute approximate surface area is 729 Å². The Bertz CT molecular complexity index is 8190. The summed E-state index contributed by atoms with van der Waals surface area (Å²) in [6.45, 7) is 0. The van der Waals surface area contributed by atoms with Gasteiger partial charge >= 0.3 is 0 Å². The van der Waals surface area contributed by atoms with Crippen LogP contribution in [-0.4, -0.2) is 39.0 Å². The summed E-state index contributed by atoms with van der Waals surface area (Å²) in [4.78, 5) is 35.8. The van der Waals surface area contributed by atoms with Gasteiger partial charge in [-0.15, -0.1) is 11.3 Å². The lowest BCUT2D eigenvalue weighted by Gasteiger charge is -2.26. The van der Waals surface area contributed by atoms with Gasteiger partial charge < -0.3 is 23.4 Å². The first kappa shape index (κ1) is 73.1. The van der Waals surface area contributed by atoms with Gasteiger partial charge in [-0.3, -0.25) is 0 Å². The van der Waals surface area contributed by atoms with E-state index in [0.29, 0.717) is 40.5 Å². The second-order valence-electron chi connectivity index (χ2n) is 31.7.